The maximum atomic E-state index is 11.4. The molecule has 0 bridgehead atoms. The molecule has 14 heavy (non-hydrogen) atoms. The van der Waals surface area contributed by atoms with Gasteiger partial charge in [-0.25, -0.2) is 4.79 Å². The van der Waals surface area contributed by atoms with Gasteiger partial charge in [-0.05, 0) is 29.3 Å². The molecular weight excluding hydrogens is 248 g/mol. The predicted octanol–water partition coefficient (Wildman–Crippen LogP) is 2.40. The van der Waals surface area contributed by atoms with E-state index in [0.717, 1.165) is 6.42 Å². The number of hydrogen-bond acceptors (Lipinski definition) is 3. The predicted molar refractivity (Wildman–Crippen MR) is 56.3 cm³/mol. The highest BCUT2D eigenvalue weighted by Crippen LogP contribution is 2.21. The lowest BCUT2D eigenvalue weighted by Gasteiger charge is -2.12. The topological polar surface area (TPSA) is 44.1 Å². The number of halogens is 1. The first kappa shape index (κ1) is 11.2. The Morgan fingerprint density at radius 2 is 2.43 bits per heavy atom. The third-order valence-corrected chi connectivity index (χ3v) is 2.72. The molecule has 0 fully saturated rings. The van der Waals surface area contributed by atoms with Crippen LogP contribution in [0.4, 0.5) is 0 Å². The van der Waals surface area contributed by atoms with E-state index in [1.807, 2.05) is 13.8 Å². The average Bonchev–Trinajstić information content (AvgIpc) is 2.58. The van der Waals surface area contributed by atoms with Crippen molar-refractivity contribution in [1.29, 1.82) is 0 Å². The number of methoxy groups -OCH3 is 1. The van der Waals surface area contributed by atoms with Crippen LogP contribution in [0.3, 0.4) is 0 Å². The minimum Gasteiger partial charge on any atom is -0.464 e. The zero-order valence-electron chi connectivity index (χ0n) is 8.45. The summed E-state index contributed by atoms with van der Waals surface area (Å²) >= 11 is 3.27. The molecule has 0 aliphatic rings. The molecule has 4 nitrogen and oxygen atoms in total. The second-order valence-electron chi connectivity index (χ2n) is 3.03. The van der Waals surface area contributed by atoms with E-state index in [4.69, 9.17) is 0 Å². The summed E-state index contributed by atoms with van der Waals surface area (Å²) < 4.78 is 7.03. The van der Waals surface area contributed by atoms with E-state index < -0.39 is 0 Å². The van der Waals surface area contributed by atoms with Crippen LogP contribution >= 0.6 is 15.9 Å². The molecule has 0 amide bonds. The Morgan fingerprint density at radius 1 is 1.79 bits per heavy atom. The largest absolute Gasteiger partial charge is 0.464 e. The van der Waals surface area contributed by atoms with Crippen LogP contribution in [0, 0.1) is 0 Å². The first-order chi connectivity index (χ1) is 6.61. The molecule has 1 aromatic rings. The third kappa shape index (κ3) is 1.97. The Hall–Kier alpha value is -0.840. The Kier molecular flexibility index (Phi) is 3.69. The lowest BCUT2D eigenvalue weighted by atomic mass is 10.2. The smallest absolute Gasteiger partial charge is 0.357 e. The number of hydrogen-bond donors (Lipinski definition) is 0. The SMILES string of the molecule is CC[C@@H](C)n1ncc(Br)c1C(=O)OC. The van der Waals surface area contributed by atoms with E-state index in [1.165, 1.54) is 7.11 Å². The lowest BCUT2D eigenvalue weighted by Crippen LogP contribution is -2.15. The van der Waals surface area contributed by atoms with Gasteiger partial charge in [0, 0.05) is 6.04 Å². The Bertz CT molecular complexity index is 336. The molecule has 0 radical (unpaired) electrons. The van der Waals surface area contributed by atoms with Crippen molar-refractivity contribution < 1.29 is 9.53 Å². The van der Waals surface area contributed by atoms with Gasteiger partial charge in [-0.1, -0.05) is 6.92 Å². The van der Waals surface area contributed by atoms with Crippen LogP contribution in [0.25, 0.3) is 0 Å². The highest BCUT2D eigenvalue weighted by Gasteiger charge is 2.19. The van der Waals surface area contributed by atoms with E-state index >= 15 is 0 Å². The van der Waals surface area contributed by atoms with Crippen LogP contribution in [0.5, 0.6) is 0 Å². The molecule has 78 valence electrons. The molecule has 0 unspecified atom stereocenters. The molecule has 0 saturated carbocycles. The summed E-state index contributed by atoms with van der Waals surface area (Å²) in [6, 6.07) is 0.190. The molecule has 0 N–H and O–H groups in total. The summed E-state index contributed by atoms with van der Waals surface area (Å²) in [5.74, 6) is -0.366. The van der Waals surface area contributed by atoms with E-state index in [0.29, 0.717) is 10.2 Å². The molecule has 1 rings (SSSR count). The fourth-order valence-electron chi connectivity index (χ4n) is 1.14. The van der Waals surface area contributed by atoms with Crippen LogP contribution in [-0.4, -0.2) is 22.9 Å². The number of carbonyl (C=O) groups is 1. The fraction of sp³-hybridized carbons (Fsp3) is 0.556. The Morgan fingerprint density at radius 3 is 2.93 bits per heavy atom. The number of esters is 1. The molecular formula is C9H13BrN2O2. The van der Waals surface area contributed by atoms with Crippen molar-refractivity contribution in [2.24, 2.45) is 0 Å². The molecule has 0 aliphatic carbocycles. The number of carbonyl (C=O) groups excluding carboxylic acids is 1. The van der Waals surface area contributed by atoms with Gasteiger partial charge < -0.3 is 4.74 Å². The van der Waals surface area contributed by atoms with Crippen LogP contribution in [0.1, 0.15) is 36.8 Å². The van der Waals surface area contributed by atoms with Crippen LogP contribution in [-0.2, 0) is 4.74 Å². The van der Waals surface area contributed by atoms with Gasteiger partial charge in [-0.3, -0.25) is 4.68 Å². The van der Waals surface area contributed by atoms with Gasteiger partial charge in [0.2, 0.25) is 0 Å². The van der Waals surface area contributed by atoms with Crippen LogP contribution in [0.15, 0.2) is 10.7 Å². The van der Waals surface area contributed by atoms with Crippen molar-refractivity contribution in [1.82, 2.24) is 9.78 Å². The van der Waals surface area contributed by atoms with Crippen LogP contribution < -0.4 is 0 Å². The maximum Gasteiger partial charge on any atom is 0.357 e. The maximum absolute atomic E-state index is 11.4. The molecule has 1 atom stereocenters. The van der Waals surface area contributed by atoms with Crippen LogP contribution in [0.2, 0.25) is 0 Å². The van der Waals surface area contributed by atoms with Gasteiger partial charge >= 0.3 is 5.97 Å². The first-order valence-corrected chi connectivity index (χ1v) is 5.22. The van der Waals surface area contributed by atoms with E-state index in [1.54, 1.807) is 10.9 Å². The molecule has 1 aromatic heterocycles. The Balaban J connectivity index is 3.12. The summed E-state index contributed by atoms with van der Waals surface area (Å²) in [6.07, 6.45) is 2.52. The number of rotatable bonds is 3. The van der Waals surface area contributed by atoms with Gasteiger partial charge in [0.15, 0.2) is 5.69 Å². The quantitative estimate of drug-likeness (QED) is 0.785. The number of ether oxygens (including phenoxy) is 1. The number of nitrogens with zero attached hydrogens (tertiary/aromatic N) is 2. The standard InChI is InChI=1S/C9H13BrN2O2/c1-4-6(2)12-8(9(13)14-3)7(10)5-11-12/h5-6H,4H2,1-3H3/t6-/m1/s1. The van der Waals surface area contributed by atoms with Crippen molar-refractivity contribution in [3.63, 3.8) is 0 Å². The summed E-state index contributed by atoms with van der Waals surface area (Å²) in [7, 11) is 1.36. The monoisotopic (exact) mass is 260 g/mol. The average molecular weight is 261 g/mol. The van der Waals surface area contributed by atoms with E-state index in [9.17, 15) is 4.79 Å². The van der Waals surface area contributed by atoms with Gasteiger partial charge in [-0.2, -0.15) is 5.10 Å². The van der Waals surface area contributed by atoms with Crippen molar-refractivity contribution >= 4 is 21.9 Å². The molecule has 0 spiro atoms. The van der Waals surface area contributed by atoms with Crippen molar-refractivity contribution in [2.75, 3.05) is 7.11 Å². The van der Waals surface area contributed by atoms with Crippen molar-refractivity contribution in [3.05, 3.63) is 16.4 Å². The van der Waals surface area contributed by atoms with E-state index in [-0.39, 0.29) is 12.0 Å². The highest BCUT2D eigenvalue weighted by molar-refractivity contribution is 9.10. The van der Waals surface area contributed by atoms with Gasteiger partial charge in [0.1, 0.15) is 0 Å². The zero-order chi connectivity index (χ0) is 10.7. The summed E-state index contributed by atoms with van der Waals surface area (Å²) in [5, 5.41) is 4.12. The zero-order valence-corrected chi connectivity index (χ0v) is 10.0. The van der Waals surface area contributed by atoms with Crippen molar-refractivity contribution in [2.45, 2.75) is 26.3 Å². The van der Waals surface area contributed by atoms with Crippen molar-refractivity contribution in [3.8, 4) is 0 Å². The van der Waals surface area contributed by atoms with Gasteiger partial charge in [0.05, 0.1) is 17.8 Å². The first-order valence-electron chi connectivity index (χ1n) is 4.43. The summed E-state index contributed by atoms with van der Waals surface area (Å²) in [6.45, 7) is 4.05. The Labute approximate surface area is 91.4 Å². The summed E-state index contributed by atoms with van der Waals surface area (Å²) in [4.78, 5) is 11.4. The molecule has 0 saturated heterocycles. The number of aromatic nitrogens is 2. The second-order valence-corrected chi connectivity index (χ2v) is 3.89. The minimum atomic E-state index is -0.366. The molecule has 1 heterocycles. The summed E-state index contributed by atoms with van der Waals surface area (Å²) in [5.41, 5.74) is 0.474. The molecule has 0 aromatic carbocycles. The van der Waals surface area contributed by atoms with E-state index in [2.05, 4.69) is 25.8 Å². The normalized spacial score (nSPS) is 12.6. The second kappa shape index (κ2) is 4.59. The fourth-order valence-corrected chi connectivity index (χ4v) is 1.57. The molecule has 5 heteroatoms. The lowest BCUT2D eigenvalue weighted by molar-refractivity contribution is 0.0582. The highest BCUT2D eigenvalue weighted by atomic mass is 79.9. The third-order valence-electron chi connectivity index (χ3n) is 2.14. The molecule has 0 aliphatic heterocycles. The van der Waals surface area contributed by atoms with Gasteiger partial charge in [-0.15, -0.1) is 0 Å². The van der Waals surface area contributed by atoms with Gasteiger partial charge in [0.25, 0.3) is 0 Å². The minimum absolute atomic E-state index is 0.190.